The van der Waals surface area contributed by atoms with E-state index < -0.39 is 6.10 Å². The molecule has 0 radical (unpaired) electrons. The molecule has 0 heterocycles. The van der Waals surface area contributed by atoms with E-state index in [1.165, 1.54) is 116 Å². The minimum absolute atomic E-state index is 0.0730. The molecule has 322 valence electrons. The van der Waals surface area contributed by atoms with Gasteiger partial charge in [-0.3, -0.25) is 9.59 Å². The SMILES string of the molecule is CC/C=C\C/C=C\C/C=C\C/C=C\C/C=C\CCCCCCCCCCCCCC(=O)OC(CO)COC(=O)CCCCCCC/C=C\CCCCCCCC. The molecule has 5 nitrogen and oxygen atoms in total. The van der Waals surface area contributed by atoms with Crippen molar-refractivity contribution in [3.05, 3.63) is 72.9 Å². The number of ether oxygens (including phenoxy) is 2. The van der Waals surface area contributed by atoms with Gasteiger partial charge in [-0.25, -0.2) is 0 Å². The maximum atomic E-state index is 12.2. The molecule has 0 bridgehead atoms. The summed E-state index contributed by atoms with van der Waals surface area (Å²) in [5.74, 6) is -0.604. The van der Waals surface area contributed by atoms with Gasteiger partial charge >= 0.3 is 11.9 Å². The largest absolute Gasteiger partial charge is 0.462 e. The van der Waals surface area contributed by atoms with E-state index in [0.29, 0.717) is 12.8 Å². The number of allylic oxidation sites excluding steroid dienone is 12. The third-order valence-corrected chi connectivity index (χ3v) is 9.98. The van der Waals surface area contributed by atoms with Gasteiger partial charge in [0.25, 0.3) is 0 Å². The lowest BCUT2D eigenvalue weighted by molar-refractivity contribution is -0.161. The molecule has 1 atom stereocenters. The lowest BCUT2D eigenvalue weighted by atomic mass is 10.0. The Kier molecular flexibility index (Phi) is 44.5. The van der Waals surface area contributed by atoms with Gasteiger partial charge in [0, 0.05) is 12.8 Å². The van der Waals surface area contributed by atoms with Gasteiger partial charge in [-0.1, -0.05) is 196 Å². The van der Waals surface area contributed by atoms with Gasteiger partial charge in [0.1, 0.15) is 6.61 Å². The Morgan fingerprint density at radius 2 is 0.768 bits per heavy atom. The molecule has 0 saturated heterocycles. The van der Waals surface area contributed by atoms with Crippen LogP contribution in [-0.2, 0) is 19.1 Å². The average Bonchev–Trinajstić information content (AvgIpc) is 3.20. The maximum absolute atomic E-state index is 12.2. The van der Waals surface area contributed by atoms with Crippen LogP contribution in [0.3, 0.4) is 0 Å². The van der Waals surface area contributed by atoms with Gasteiger partial charge in [0.2, 0.25) is 0 Å². The van der Waals surface area contributed by atoms with Crippen LogP contribution in [0.4, 0.5) is 0 Å². The number of hydrogen-bond donors (Lipinski definition) is 1. The highest BCUT2D eigenvalue weighted by Crippen LogP contribution is 2.14. The Labute approximate surface area is 346 Å². The summed E-state index contributed by atoms with van der Waals surface area (Å²) in [6, 6.07) is 0. The molecule has 0 aliphatic rings. The Hall–Kier alpha value is -2.66. The monoisotopic (exact) mass is 781 g/mol. The van der Waals surface area contributed by atoms with E-state index in [2.05, 4.69) is 86.8 Å². The molecule has 0 aliphatic carbocycles. The molecule has 5 heteroatoms. The van der Waals surface area contributed by atoms with Crippen molar-refractivity contribution in [1.29, 1.82) is 0 Å². The molecule has 1 unspecified atom stereocenters. The first-order valence-corrected chi connectivity index (χ1v) is 23.5. The van der Waals surface area contributed by atoms with Gasteiger partial charge < -0.3 is 14.6 Å². The number of aliphatic hydroxyl groups excluding tert-OH is 1. The standard InChI is InChI=1S/C51H88O5/c1-3-5-7-9-11-13-15-17-19-20-21-22-23-24-25-26-27-28-29-30-32-34-36-38-40-42-44-46-51(54)56-49(47-52)48-55-50(53)45-43-41-39-37-35-33-31-18-16-14-12-10-8-6-4-2/h5,7,11,13,17-19,21-22,24-25,31,49,52H,3-4,6,8-10,12,14-16,20,23,26-30,32-48H2,1-2H3/b7-5-,13-11-,19-17-,22-21-,25-24-,31-18-. The molecule has 0 amide bonds. The molecule has 1 N–H and O–H groups in total. The van der Waals surface area contributed by atoms with E-state index >= 15 is 0 Å². The summed E-state index contributed by atoms with van der Waals surface area (Å²) in [7, 11) is 0. The van der Waals surface area contributed by atoms with Crippen LogP contribution in [0, 0.1) is 0 Å². The van der Waals surface area contributed by atoms with E-state index in [9.17, 15) is 14.7 Å². The number of aliphatic hydroxyl groups is 1. The summed E-state index contributed by atoms with van der Waals surface area (Å²) in [5, 5.41) is 9.60. The number of rotatable bonds is 42. The molecule has 0 aliphatic heterocycles. The van der Waals surface area contributed by atoms with Crippen molar-refractivity contribution in [2.75, 3.05) is 13.2 Å². The fourth-order valence-electron chi connectivity index (χ4n) is 6.46. The second-order valence-electron chi connectivity index (χ2n) is 15.4. The summed E-state index contributed by atoms with van der Waals surface area (Å²) >= 11 is 0. The third kappa shape index (κ3) is 44.1. The Balaban J connectivity index is 3.54. The van der Waals surface area contributed by atoms with Gasteiger partial charge in [0.15, 0.2) is 6.10 Å². The maximum Gasteiger partial charge on any atom is 0.306 e. The topological polar surface area (TPSA) is 72.8 Å². The van der Waals surface area contributed by atoms with Gasteiger partial charge in [-0.05, 0) is 83.5 Å². The van der Waals surface area contributed by atoms with Crippen LogP contribution in [0.25, 0.3) is 0 Å². The molecule has 0 rings (SSSR count). The quantitative estimate of drug-likeness (QED) is 0.0379. The van der Waals surface area contributed by atoms with Gasteiger partial charge in [-0.15, -0.1) is 0 Å². The molecule has 0 fully saturated rings. The zero-order valence-electron chi connectivity index (χ0n) is 36.6. The molecule has 0 aromatic rings. The second kappa shape index (κ2) is 46.7. The molecule has 0 aromatic carbocycles. The van der Waals surface area contributed by atoms with Crippen molar-refractivity contribution < 1.29 is 24.2 Å². The van der Waals surface area contributed by atoms with Crippen molar-refractivity contribution in [2.24, 2.45) is 0 Å². The first kappa shape index (κ1) is 53.3. The lowest BCUT2D eigenvalue weighted by Crippen LogP contribution is -2.28. The minimum Gasteiger partial charge on any atom is -0.462 e. The van der Waals surface area contributed by atoms with E-state index in [-0.39, 0.29) is 25.2 Å². The minimum atomic E-state index is -0.779. The highest BCUT2D eigenvalue weighted by atomic mass is 16.6. The Bertz CT molecular complexity index is 1020. The number of hydrogen-bond acceptors (Lipinski definition) is 5. The van der Waals surface area contributed by atoms with Crippen LogP contribution in [0.1, 0.15) is 219 Å². The Morgan fingerprint density at radius 1 is 0.429 bits per heavy atom. The third-order valence-electron chi connectivity index (χ3n) is 9.98. The van der Waals surface area contributed by atoms with Crippen molar-refractivity contribution in [3.8, 4) is 0 Å². The summed E-state index contributed by atoms with van der Waals surface area (Å²) in [4.78, 5) is 24.4. The zero-order chi connectivity index (χ0) is 40.7. The number of carbonyl (C=O) groups excluding carboxylic acids is 2. The highest BCUT2D eigenvalue weighted by molar-refractivity contribution is 5.70. The molecule has 56 heavy (non-hydrogen) atoms. The van der Waals surface area contributed by atoms with Crippen molar-refractivity contribution in [3.63, 3.8) is 0 Å². The van der Waals surface area contributed by atoms with E-state index in [4.69, 9.17) is 9.47 Å². The smallest absolute Gasteiger partial charge is 0.306 e. The predicted molar refractivity (Wildman–Crippen MR) is 242 cm³/mol. The first-order valence-electron chi connectivity index (χ1n) is 23.5. The average molecular weight is 781 g/mol. The second-order valence-corrected chi connectivity index (χ2v) is 15.4. The highest BCUT2D eigenvalue weighted by Gasteiger charge is 2.16. The van der Waals surface area contributed by atoms with Crippen LogP contribution in [-0.4, -0.2) is 36.4 Å². The fraction of sp³-hybridized carbons (Fsp3) is 0.725. The van der Waals surface area contributed by atoms with Gasteiger partial charge in [0.05, 0.1) is 6.61 Å². The molecular weight excluding hydrogens is 693 g/mol. The summed E-state index contributed by atoms with van der Waals surface area (Å²) in [6.07, 6.45) is 62.7. The van der Waals surface area contributed by atoms with Crippen LogP contribution >= 0.6 is 0 Å². The van der Waals surface area contributed by atoms with Crippen molar-refractivity contribution in [1.82, 2.24) is 0 Å². The summed E-state index contributed by atoms with van der Waals surface area (Å²) < 4.78 is 10.6. The van der Waals surface area contributed by atoms with E-state index in [0.717, 1.165) is 77.0 Å². The van der Waals surface area contributed by atoms with Crippen molar-refractivity contribution >= 4 is 11.9 Å². The normalized spacial score (nSPS) is 12.8. The van der Waals surface area contributed by atoms with Crippen molar-refractivity contribution in [2.45, 2.75) is 225 Å². The molecular formula is C51H88O5. The van der Waals surface area contributed by atoms with Gasteiger partial charge in [-0.2, -0.15) is 0 Å². The molecule has 0 saturated carbocycles. The number of unbranched alkanes of at least 4 members (excludes halogenated alkanes) is 22. The molecule has 0 aromatic heterocycles. The predicted octanol–water partition coefficient (Wildman–Crippen LogP) is 15.3. The van der Waals surface area contributed by atoms with E-state index in [1.807, 2.05) is 0 Å². The zero-order valence-corrected chi connectivity index (χ0v) is 36.6. The fourth-order valence-corrected chi connectivity index (χ4v) is 6.46. The summed E-state index contributed by atoms with van der Waals surface area (Å²) in [5.41, 5.74) is 0. The van der Waals surface area contributed by atoms with Crippen LogP contribution in [0.2, 0.25) is 0 Å². The number of carbonyl (C=O) groups is 2. The van der Waals surface area contributed by atoms with Crippen LogP contribution in [0.5, 0.6) is 0 Å². The van der Waals surface area contributed by atoms with Crippen LogP contribution < -0.4 is 0 Å². The Morgan fingerprint density at radius 3 is 1.18 bits per heavy atom. The first-order chi connectivity index (χ1) is 27.6. The molecule has 0 spiro atoms. The summed E-state index contributed by atoms with van der Waals surface area (Å²) in [6.45, 7) is 4.01. The van der Waals surface area contributed by atoms with Crippen LogP contribution in [0.15, 0.2) is 72.9 Å². The van der Waals surface area contributed by atoms with E-state index in [1.54, 1.807) is 0 Å². The number of esters is 2. The lowest BCUT2D eigenvalue weighted by Gasteiger charge is -2.15.